The van der Waals surface area contributed by atoms with Crippen LogP contribution in [-0.4, -0.2) is 42.0 Å². The molecule has 3 N–H and O–H groups in total. The van der Waals surface area contributed by atoms with Crippen molar-refractivity contribution in [2.75, 3.05) is 13.2 Å². The molecule has 7 nitrogen and oxygen atoms in total. The van der Waals surface area contributed by atoms with E-state index in [0.717, 1.165) is 21.5 Å². The van der Waals surface area contributed by atoms with E-state index in [0.29, 0.717) is 22.6 Å². The van der Waals surface area contributed by atoms with E-state index in [4.69, 9.17) is 28.3 Å². The number of hydrogen-bond acceptors (Lipinski definition) is 5. The van der Waals surface area contributed by atoms with Gasteiger partial charge in [0.1, 0.15) is 10.7 Å². The number of sulfonamides is 1. The maximum atomic E-state index is 14.1. The molecule has 0 fully saturated rings. The molecule has 0 aliphatic heterocycles. The first kappa shape index (κ1) is 30.5. The third-order valence-corrected chi connectivity index (χ3v) is 8.61. The number of halogens is 3. The van der Waals surface area contributed by atoms with Crippen molar-refractivity contribution in [3.8, 4) is 16.9 Å². The number of carbonyl (C=O) groups excluding carboxylic acids is 1. The van der Waals surface area contributed by atoms with Crippen LogP contribution in [0.5, 0.6) is 5.75 Å². The first-order valence-electron chi connectivity index (χ1n) is 12.6. The average molecular weight is 618 g/mol. The lowest BCUT2D eigenvalue weighted by molar-refractivity contribution is 0.0951. The van der Waals surface area contributed by atoms with Gasteiger partial charge in [-0.3, -0.25) is 4.79 Å². The van der Waals surface area contributed by atoms with E-state index in [9.17, 15) is 22.7 Å². The number of aliphatic hydroxyl groups is 1. The molecule has 1 amide bonds. The van der Waals surface area contributed by atoms with Crippen LogP contribution in [-0.2, 0) is 23.1 Å². The Balaban J connectivity index is 1.74. The lowest BCUT2D eigenvalue weighted by Gasteiger charge is -2.24. The quantitative estimate of drug-likeness (QED) is 0.179. The molecule has 0 radical (unpaired) electrons. The minimum Gasteiger partial charge on any atom is -0.505 e. The number of amides is 1. The summed E-state index contributed by atoms with van der Waals surface area (Å²) in [5.74, 6) is -1.78. The second kappa shape index (κ2) is 13.5. The summed E-state index contributed by atoms with van der Waals surface area (Å²) in [4.78, 5) is 12.1. The van der Waals surface area contributed by atoms with Crippen molar-refractivity contribution in [1.82, 2.24) is 9.62 Å². The van der Waals surface area contributed by atoms with Gasteiger partial charge in [0.2, 0.25) is 10.0 Å². The lowest BCUT2D eigenvalue weighted by atomic mass is 10.0. The molecule has 11 heteroatoms. The summed E-state index contributed by atoms with van der Waals surface area (Å²) < 4.78 is 42.8. The highest BCUT2D eigenvalue weighted by Crippen LogP contribution is 2.35. The Bertz CT molecular complexity index is 1630. The van der Waals surface area contributed by atoms with Gasteiger partial charge in [-0.1, -0.05) is 65.7 Å². The molecule has 214 valence electrons. The smallest absolute Gasteiger partial charge is 0.251 e. The number of benzene rings is 4. The Kier molecular flexibility index (Phi) is 10.0. The van der Waals surface area contributed by atoms with Crippen molar-refractivity contribution in [2.24, 2.45) is 0 Å². The lowest BCUT2D eigenvalue weighted by Crippen LogP contribution is -2.31. The summed E-state index contributed by atoms with van der Waals surface area (Å²) in [6.45, 7) is -0.229. The molecule has 0 aliphatic rings. The Morgan fingerprint density at radius 3 is 2.24 bits per heavy atom. The number of rotatable bonds is 11. The van der Waals surface area contributed by atoms with Crippen LogP contribution < -0.4 is 5.32 Å². The van der Waals surface area contributed by atoms with Gasteiger partial charge >= 0.3 is 0 Å². The minimum absolute atomic E-state index is 0.0733. The largest absolute Gasteiger partial charge is 0.505 e. The predicted octanol–water partition coefficient (Wildman–Crippen LogP) is 6.01. The van der Waals surface area contributed by atoms with Crippen molar-refractivity contribution in [1.29, 1.82) is 0 Å². The Hall–Kier alpha value is -3.47. The molecule has 0 spiro atoms. The topological polar surface area (TPSA) is 107 Å². The van der Waals surface area contributed by atoms with E-state index in [2.05, 4.69) is 5.32 Å². The molecule has 0 aromatic heterocycles. The number of nitrogens with zero attached hydrogens (tertiary/aromatic N) is 1. The van der Waals surface area contributed by atoms with Gasteiger partial charge in [0, 0.05) is 36.8 Å². The van der Waals surface area contributed by atoms with Gasteiger partial charge in [0.15, 0.2) is 5.75 Å². The van der Waals surface area contributed by atoms with Crippen molar-refractivity contribution >= 4 is 39.1 Å². The number of hydrogen-bond donors (Lipinski definition) is 3. The second-order valence-corrected chi connectivity index (χ2v) is 12.0. The van der Waals surface area contributed by atoms with E-state index < -0.39 is 32.4 Å². The number of aliphatic hydroxyl groups excluding tert-OH is 1. The van der Waals surface area contributed by atoms with Gasteiger partial charge in [-0.2, -0.15) is 4.31 Å². The van der Waals surface area contributed by atoms with Crippen molar-refractivity contribution in [3.05, 3.63) is 117 Å². The standard InChI is InChI=1S/C30H27Cl2FN2O5S/c31-25-9-7-22(8-10-25)23-4-1-3-21(15-23)19-35(18-20-5-11-26(33)12-6-20)41(39,40)28-17-24(16-27(32)29(28)37)30(38)34-13-2-14-36/h1,3-12,15-17,36-37H,2,13-14,18-19H2,(H,34,38). The molecule has 0 aliphatic carbocycles. The summed E-state index contributed by atoms with van der Waals surface area (Å²) in [6, 6.07) is 22.2. The average Bonchev–Trinajstić information content (AvgIpc) is 2.95. The van der Waals surface area contributed by atoms with Crippen molar-refractivity contribution in [2.45, 2.75) is 24.4 Å². The van der Waals surface area contributed by atoms with Crippen LogP contribution in [0.25, 0.3) is 11.1 Å². The fourth-order valence-corrected chi connectivity index (χ4v) is 6.09. The number of nitrogens with one attached hydrogen (secondary N) is 1. The molecular weight excluding hydrogens is 590 g/mol. The molecule has 0 bridgehead atoms. The summed E-state index contributed by atoms with van der Waals surface area (Å²) in [5, 5.41) is 22.5. The maximum absolute atomic E-state index is 14.1. The van der Waals surface area contributed by atoms with Gasteiger partial charge in [-0.15, -0.1) is 0 Å². The van der Waals surface area contributed by atoms with Gasteiger partial charge in [0.05, 0.1) is 5.02 Å². The molecule has 0 atom stereocenters. The molecule has 4 rings (SSSR count). The van der Waals surface area contributed by atoms with Gasteiger partial charge < -0.3 is 15.5 Å². The van der Waals surface area contributed by atoms with Crippen molar-refractivity contribution < 1.29 is 27.8 Å². The highest BCUT2D eigenvalue weighted by molar-refractivity contribution is 7.89. The second-order valence-electron chi connectivity index (χ2n) is 9.24. The third kappa shape index (κ3) is 7.63. The van der Waals surface area contributed by atoms with E-state index in [1.54, 1.807) is 24.3 Å². The molecule has 0 saturated heterocycles. The molecule has 41 heavy (non-hydrogen) atoms. The Morgan fingerprint density at radius 2 is 1.56 bits per heavy atom. The maximum Gasteiger partial charge on any atom is 0.251 e. The third-order valence-electron chi connectivity index (χ3n) is 6.26. The number of phenolic OH excluding ortho intramolecular Hbond substituents is 1. The minimum atomic E-state index is -4.46. The van der Waals surface area contributed by atoms with Crippen LogP contribution in [0.4, 0.5) is 4.39 Å². The van der Waals surface area contributed by atoms with Crippen LogP contribution in [0.15, 0.2) is 89.8 Å². The Morgan fingerprint density at radius 1 is 0.878 bits per heavy atom. The molecule has 4 aromatic carbocycles. The van der Waals surface area contributed by atoms with E-state index in [-0.39, 0.29) is 36.8 Å². The van der Waals surface area contributed by atoms with Gasteiger partial charge in [-0.05, 0) is 71.1 Å². The van der Waals surface area contributed by atoms with Crippen LogP contribution in [0.2, 0.25) is 10.0 Å². The van der Waals surface area contributed by atoms with Crippen LogP contribution in [0.1, 0.15) is 27.9 Å². The van der Waals surface area contributed by atoms with Gasteiger partial charge in [0.25, 0.3) is 5.91 Å². The van der Waals surface area contributed by atoms with E-state index in [1.807, 2.05) is 24.3 Å². The van der Waals surface area contributed by atoms with E-state index in [1.165, 1.54) is 30.3 Å². The number of phenols is 1. The van der Waals surface area contributed by atoms with Crippen molar-refractivity contribution in [3.63, 3.8) is 0 Å². The zero-order chi connectivity index (χ0) is 29.6. The first-order chi connectivity index (χ1) is 19.6. The summed E-state index contributed by atoms with van der Waals surface area (Å²) >= 11 is 12.2. The molecule has 4 aromatic rings. The summed E-state index contributed by atoms with van der Waals surface area (Å²) in [5.41, 5.74) is 2.80. The monoisotopic (exact) mass is 616 g/mol. The van der Waals surface area contributed by atoms with Crippen LogP contribution >= 0.6 is 23.2 Å². The fraction of sp³-hybridized carbons (Fsp3) is 0.167. The van der Waals surface area contributed by atoms with Crippen LogP contribution in [0, 0.1) is 5.82 Å². The fourth-order valence-electron chi connectivity index (χ4n) is 4.14. The molecule has 0 heterocycles. The SMILES string of the molecule is O=C(NCCCO)c1cc(Cl)c(O)c(S(=O)(=O)N(Cc2ccc(F)cc2)Cc2cccc(-c3ccc(Cl)cc3)c2)c1. The molecule has 0 saturated carbocycles. The highest BCUT2D eigenvalue weighted by atomic mass is 35.5. The normalized spacial score (nSPS) is 11.5. The molecule has 0 unspecified atom stereocenters. The number of carbonyl (C=O) groups is 1. The summed E-state index contributed by atoms with van der Waals surface area (Å²) in [7, 11) is -4.46. The number of aromatic hydroxyl groups is 1. The summed E-state index contributed by atoms with van der Waals surface area (Å²) in [6.07, 6.45) is 0.309. The van der Waals surface area contributed by atoms with Crippen LogP contribution in [0.3, 0.4) is 0 Å². The molecular formula is C30H27Cl2FN2O5S. The predicted molar refractivity (Wildman–Crippen MR) is 157 cm³/mol. The van der Waals surface area contributed by atoms with E-state index >= 15 is 0 Å². The zero-order valence-corrected chi connectivity index (χ0v) is 24.1. The van der Waals surface area contributed by atoms with Gasteiger partial charge in [-0.25, -0.2) is 12.8 Å². The first-order valence-corrected chi connectivity index (χ1v) is 14.8. The zero-order valence-electron chi connectivity index (χ0n) is 21.7. The highest BCUT2D eigenvalue weighted by Gasteiger charge is 2.30. The Labute approximate surface area is 247 Å².